The monoisotopic (exact) mass is 316 g/mol. The molecule has 0 bridgehead atoms. The second-order valence-corrected chi connectivity index (χ2v) is 5.33. The number of benzene rings is 1. The molecule has 7 heteroatoms. The first-order valence-corrected chi connectivity index (χ1v) is 7.18. The summed E-state index contributed by atoms with van der Waals surface area (Å²) >= 11 is 0. The predicted octanol–water partition coefficient (Wildman–Crippen LogP) is 3.46. The number of carbonyl (C=O) groups excluding carboxylic acids is 1. The number of nitrogens with one attached hydrogen (secondary N) is 2. The molecule has 2 rings (SSSR count). The number of methoxy groups -OCH3 is 1. The van der Waals surface area contributed by atoms with Crippen LogP contribution in [0.1, 0.15) is 36.8 Å². The molecule has 0 atom stereocenters. The smallest absolute Gasteiger partial charge is 0.416 e. The van der Waals surface area contributed by atoms with Crippen molar-refractivity contribution in [2.24, 2.45) is 0 Å². The molecule has 0 heterocycles. The van der Waals surface area contributed by atoms with Crippen LogP contribution in [0, 0.1) is 0 Å². The van der Waals surface area contributed by atoms with Crippen LogP contribution >= 0.6 is 0 Å². The fourth-order valence-corrected chi connectivity index (χ4v) is 2.58. The van der Waals surface area contributed by atoms with Crippen molar-refractivity contribution < 1.29 is 22.7 Å². The molecule has 1 aliphatic rings. The van der Waals surface area contributed by atoms with Crippen molar-refractivity contribution >= 4 is 6.03 Å². The lowest BCUT2D eigenvalue weighted by Crippen LogP contribution is -2.40. The number of halogens is 3. The van der Waals surface area contributed by atoms with E-state index in [0.717, 1.165) is 31.7 Å². The first-order chi connectivity index (χ1) is 10.4. The summed E-state index contributed by atoms with van der Waals surface area (Å²) in [6, 6.07) is 3.39. The lowest BCUT2D eigenvalue weighted by molar-refractivity contribution is -0.138. The highest BCUT2D eigenvalue weighted by atomic mass is 19.4. The largest absolute Gasteiger partial charge is 0.497 e. The number of amides is 2. The highest BCUT2D eigenvalue weighted by Crippen LogP contribution is 2.34. The average Bonchev–Trinajstić information content (AvgIpc) is 2.96. The summed E-state index contributed by atoms with van der Waals surface area (Å²) in [6.07, 6.45) is -0.510. The molecular weight excluding hydrogens is 297 g/mol. The van der Waals surface area contributed by atoms with Gasteiger partial charge >= 0.3 is 12.2 Å². The topological polar surface area (TPSA) is 50.4 Å². The Morgan fingerprint density at radius 2 is 2.00 bits per heavy atom. The maximum atomic E-state index is 13.0. The zero-order valence-electron chi connectivity index (χ0n) is 12.3. The Bertz CT molecular complexity index is 526. The van der Waals surface area contributed by atoms with Gasteiger partial charge in [-0.3, -0.25) is 0 Å². The zero-order valence-corrected chi connectivity index (χ0v) is 12.3. The molecule has 0 aliphatic heterocycles. The molecular formula is C15H19F3N2O2. The summed E-state index contributed by atoms with van der Waals surface area (Å²) < 4.78 is 43.9. The zero-order chi connectivity index (χ0) is 16.2. The van der Waals surface area contributed by atoms with Gasteiger partial charge in [-0.2, -0.15) is 13.2 Å². The van der Waals surface area contributed by atoms with Gasteiger partial charge in [-0.05, 0) is 30.5 Å². The maximum Gasteiger partial charge on any atom is 0.416 e. The molecule has 1 aromatic rings. The first-order valence-electron chi connectivity index (χ1n) is 7.18. The van der Waals surface area contributed by atoms with Gasteiger partial charge in [0.2, 0.25) is 0 Å². The number of hydrogen-bond donors (Lipinski definition) is 2. The highest BCUT2D eigenvalue weighted by molar-refractivity contribution is 5.74. The third-order valence-electron chi connectivity index (χ3n) is 3.75. The lowest BCUT2D eigenvalue weighted by atomic mass is 10.1. The highest BCUT2D eigenvalue weighted by Gasteiger charge is 2.33. The Balaban J connectivity index is 2.00. The van der Waals surface area contributed by atoms with E-state index in [1.54, 1.807) is 0 Å². The van der Waals surface area contributed by atoms with Crippen molar-refractivity contribution in [1.82, 2.24) is 10.6 Å². The Kier molecular flexibility index (Phi) is 5.15. The van der Waals surface area contributed by atoms with E-state index in [9.17, 15) is 18.0 Å². The van der Waals surface area contributed by atoms with E-state index >= 15 is 0 Å². The van der Waals surface area contributed by atoms with Crippen LogP contribution in [0.5, 0.6) is 5.75 Å². The normalized spacial score (nSPS) is 15.6. The quantitative estimate of drug-likeness (QED) is 0.894. The van der Waals surface area contributed by atoms with E-state index in [1.165, 1.54) is 19.2 Å². The molecule has 0 aromatic heterocycles. The van der Waals surface area contributed by atoms with E-state index in [0.29, 0.717) is 0 Å². The third kappa shape index (κ3) is 4.29. The number of rotatable bonds is 4. The molecule has 0 radical (unpaired) electrons. The van der Waals surface area contributed by atoms with E-state index in [4.69, 9.17) is 4.74 Å². The Morgan fingerprint density at radius 1 is 1.32 bits per heavy atom. The van der Waals surface area contributed by atoms with Crippen LogP contribution in [0.2, 0.25) is 0 Å². The van der Waals surface area contributed by atoms with Crippen LogP contribution in [0.25, 0.3) is 0 Å². The summed E-state index contributed by atoms with van der Waals surface area (Å²) in [5, 5.41) is 5.26. The fraction of sp³-hybridized carbons (Fsp3) is 0.533. The summed E-state index contributed by atoms with van der Waals surface area (Å²) in [6.45, 7) is -0.183. The molecule has 0 unspecified atom stereocenters. The lowest BCUT2D eigenvalue weighted by Gasteiger charge is -2.16. The molecule has 22 heavy (non-hydrogen) atoms. The summed E-state index contributed by atoms with van der Waals surface area (Å²) in [4.78, 5) is 11.7. The molecule has 4 nitrogen and oxygen atoms in total. The van der Waals surface area contributed by atoms with Crippen molar-refractivity contribution in [3.05, 3.63) is 29.3 Å². The van der Waals surface area contributed by atoms with E-state index in [-0.39, 0.29) is 23.9 Å². The van der Waals surface area contributed by atoms with Crippen molar-refractivity contribution in [3.8, 4) is 5.75 Å². The van der Waals surface area contributed by atoms with Gasteiger partial charge in [0, 0.05) is 12.6 Å². The second kappa shape index (κ2) is 6.89. The van der Waals surface area contributed by atoms with Crippen LogP contribution in [0.15, 0.2) is 18.2 Å². The average molecular weight is 316 g/mol. The van der Waals surface area contributed by atoms with Gasteiger partial charge in [0.15, 0.2) is 0 Å². The van der Waals surface area contributed by atoms with Gasteiger partial charge in [0.25, 0.3) is 0 Å². The van der Waals surface area contributed by atoms with E-state index in [2.05, 4.69) is 10.6 Å². The molecule has 1 aliphatic carbocycles. The Morgan fingerprint density at radius 3 is 2.59 bits per heavy atom. The molecule has 122 valence electrons. The summed E-state index contributed by atoms with van der Waals surface area (Å²) in [7, 11) is 1.31. The first kappa shape index (κ1) is 16.5. The SMILES string of the molecule is COc1ccc(CNC(=O)NC2CCCC2)c(C(F)(F)F)c1. The number of urea groups is 1. The summed E-state index contributed by atoms with van der Waals surface area (Å²) in [5.74, 6) is 0.131. The van der Waals surface area contributed by atoms with Crippen molar-refractivity contribution in [1.29, 1.82) is 0 Å². The molecule has 0 spiro atoms. The van der Waals surface area contributed by atoms with Crippen molar-refractivity contribution in [2.45, 2.75) is 44.4 Å². The second-order valence-electron chi connectivity index (χ2n) is 5.33. The van der Waals surface area contributed by atoms with Gasteiger partial charge in [-0.1, -0.05) is 18.9 Å². The fourth-order valence-electron chi connectivity index (χ4n) is 2.58. The van der Waals surface area contributed by atoms with Crippen LogP contribution < -0.4 is 15.4 Å². The van der Waals surface area contributed by atoms with Gasteiger partial charge in [0.1, 0.15) is 5.75 Å². The minimum absolute atomic E-state index is 0.00914. The van der Waals surface area contributed by atoms with Crippen molar-refractivity contribution in [2.75, 3.05) is 7.11 Å². The van der Waals surface area contributed by atoms with Gasteiger partial charge in [-0.25, -0.2) is 4.79 Å². The number of carbonyl (C=O) groups is 1. The minimum Gasteiger partial charge on any atom is -0.497 e. The molecule has 1 fully saturated rings. The molecule has 2 amide bonds. The summed E-state index contributed by atoms with van der Waals surface area (Å²) in [5.41, 5.74) is -0.789. The van der Waals surface area contributed by atoms with Gasteiger partial charge < -0.3 is 15.4 Å². The number of hydrogen-bond acceptors (Lipinski definition) is 2. The minimum atomic E-state index is -4.49. The van der Waals surface area contributed by atoms with Gasteiger partial charge in [0.05, 0.1) is 12.7 Å². The molecule has 1 aromatic carbocycles. The van der Waals surface area contributed by atoms with E-state index < -0.39 is 17.8 Å². The third-order valence-corrected chi connectivity index (χ3v) is 3.75. The van der Waals surface area contributed by atoms with Crippen LogP contribution in [0.3, 0.4) is 0 Å². The maximum absolute atomic E-state index is 13.0. The Labute approximate surface area is 127 Å². The molecule has 2 N–H and O–H groups in total. The predicted molar refractivity (Wildman–Crippen MR) is 75.6 cm³/mol. The molecule has 0 saturated heterocycles. The standard InChI is InChI=1S/C15H19F3N2O2/c1-22-12-7-6-10(13(8-12)15(16,17)18)9-19-14(21)20-11-4-2-3-5-11/h6-8,11H,2-5,9H2,1H3,(H2,19,20,21). The van der Waals surface area contributed by atoms with E-state index in [1.807, 2.05) is 0 Å². The molecule has 1 saturated carbocycles. The van der Waals surface area contributed by atoms with Crippen molar-refractivity contribution in [3.63, 3.8) is 0 Å². The van der Waals surface area contributed by atoms with Crippen LogP contribution in [0.4, 0.5) is 18.0 Å². The number of ether oxygens (including phenoxy) is 1. The number of alkyl halides is 3. The van der Waals surface area contributed by atoms with Crippen LogP contribution in [-0.2, 0) is 12.7 Å². The van der Waals surface area contributed by atoms with Gasteiger partial charge in [-0.15, -0.1) is 0 Å². The Hall–Kier alpha value is -1.92. The van der Waals surface area contributed by atoms with Crippen LogP contribution in [-0.4, -0.2) is 19.2 Å².